The van der Waals surface area contributed by atoms with Crippen molar-refractivity contribution in [3.05, 3.63) is 24.0 Å². The number of rotatable bonds is 4. The summed E-state index contributed by atoms with van der Waals surface area (Å²) in [6.45, 7) is 9.94. The van der Waals surface area contributed by atoms with Gasteiger partial charge in [0.1, 0.15) is 0 Å². The molecule has 0 amide bonds. The van der Waals surface area contributed by atoms with Crippen molar-refractivity contribution in [1.29, 1.82) is 0 Å². The van der Waals surface area contributed by atoms with E-state index < -0.39 is 0 Å². The highest BCUT2D eigenvalue weighted by Gasteiger charge is 2.27. The fourth-order valence-corrected chi connectivity index (χ4v) is 2.46. The molecule has 1 aliphatic rings. The zero-order valence-electron chi connectivity index (χ0n) is 11.6. The highest BCUT2D eigenvalue weighted by molar-refractivity contribution is 5.00. The Morgan fingerprint density at radius 1 is 1.56 bits per heavy atom. The van der Waals surface area contributed by atoms with Gasteiger partial charge in [0, 0.05) is 37.9 Å². The summed E-state index contributed by atoms with van der Waals surface area (Å²) in [5.74, 6) is 0.724. The summed E-state index contributed by atoms with van der Waals surface area (Å²) in [5, 5.41) is 11.8. The van der Waals surface area contributed by atoms with Crippen molar-refractivity contribution in [3.8, 4) is 0 Å². The van der Waals surface area contributed by atoms with Gasteiger partial charge in [0.15, 0.2) is 0 Å². The molecule has 0 bridgehead atoms. The minimum Gasteiger partial charge on any atom is -0.311 e. The monoisotopic (exact) mass is 248 g/mol. The molecule has 3 atom stereocenters. The fourth-order valence-electron chi connectivity index (χ4n) is 2.46. The van der Waals surface area contributed by atoms with Crippen LogP contribution in [0.1, 0.15) is 32.9 Å². The van der Waals surface area contributed by atoms with Crippen molar-refractivity contribution < 1.29 is 0 Å². The molecule has 4 heteroatoms. The van der Waals surface area contributed by atoms with Crippen molar-refractivity contribution in [2.75, 3.05) is 13.1 Å². The summed E-state index contributed by atoms with van der Waals surface area (Å²) in [7, 11) is 0. The molecule has 4 nitrogen and oxygen atoms in total. The Hall–Kier alpha value is -1.00. The van der Waals surface area contributed by atoms with Gasteiger partial charge in [-0.1, -0.05) is 20.3 Å². The van der Waals surface area contributed by atoms with Gasteiger partial charge in [0.25, 0.3) is 0 Å². The average Bonchev–Trinajstić information content (AvgIpc) is 2.41. The van der Waals surface area contributed by atoms with Gasteiger partial charge in [-0.3, -0.25) is 4.90 Å². The van der Waals surface area contributed by atoms with Gasteiger partial charge in [-0.15, -0.1) is 0 Å². The maximum atomic E-state index is 4.19. The average molecular weight is 248 g/mol. The lowest BCUT2D eigenvalue weighted by Gasteiger charge is -2.40. The maximum Gasteiger partial charge on any atom is 0.0771 e. The normalized spacial score (nSPS) is 27.1. The number of piperazine rings is 1. The second-order valence-electron chi connectivity index (χ2n) is 5.39. The van der Waals surface area contributed by atoms with E-state index in [0.29, 0.717) is 12.1 Å². The third-order valence-electron chi connectivity index (χ3n) is 4.05. The number of hydrogen-bond acceptors (Lipinski definition) is 4. The Kier molecular flexibility index (Phi) is 4.66. The number of nitrogens with one attached hydrogen (secondary N) is 1. The largest absolute Gasteiger partial charge is 0.311 e. The van der Waals surface area contributed by atoms with E-state index in [0.717, 1.165) is 31.2 Å². The Labute approximate surface area is 110 Å². The van der Waals surface area contributed by atoms with Crippen molar-refractivity contribution >= 4 is 0 Å². The second-order valence-corrected chi connectivity index (χ2v) is 5.39. The molecule has 1 fully saturated rings. The number of hydrogen-bond donors (Lipinski definition) is 1. The molecular formula is C14H24N4. The van der Waals surface area contributed by atoms with Crippen LogP contribution in [0.3, 0.4) is 0 Å². The standard InChI is InChI=1S/C14H24N4/c1-4-11(2)14-10-18(12(3)8-15-14)9-13-6-5-7-16-17-13/h5-7,11-12,14-15H,4,8-10H2,1-3H3. The molecule has 1 aromatic rings. The van der Waals surface area contributed by atoms with E-state index in [9.17, 15) is 0 Å². The maximum absolute atomic E-state index is 4.19. The first-order valence-electron chi connectivity index (χ1n) is 6.94. The molecule has 1 N–H and O–H groups in total. The Morgan fingerprint density at radius 3 is 3.06 bits per heavy atom. The first kappa shape index (κ1) is 13.4. The van der Waals surface area contributed by atoms with Gasteiger partial charge in [-0.2, -0.15) is 10.2 Å². The molecule has 0 aliphatic carbocycles. The van der Waals surface area contributed by atoms with Gasteiger partial charge in [0.05, 0.1) is 5.69 Å². The molecule has 2 heterocycles. The Bertz CT molecular complexity index is 354. The van der Waals surface area contributed by atoms with Crippen LogP contribution in [0, 0.1) is 5.92 Å². The molecule has 1 aromatic heterocycles. The molecule has 2 rings (SSSR count). The highest BCUT2D eigenvalue weighted by Crippen LogP contribution is 2.17. The van der Waals surface area contributed by atoms with Crippen LogP contribution in [0.5, 0.6) is 0 Å². The zero-order valence-corrected chi connectivity index (χ0v) is 11.6. The van der Waals surface area contributed by atoms with Crippen molar-refractivity contribution in [2.24, 2.45) is 5.92 Å². The number of nitrogens with zero attached hydrogens (tertiary/aromatic N) is 3. The summed E-state index contributed by atoms with van der Waals surface area (Å²) in [6.07, 6.45) is 2.96. The highest BCUT2D eigenvalue weighted by atomic mass is 15.2. The topological polar surface area (TPSA) is 41.1 Å². The minimum atomic E-state index is 0.562. The third kappa shape index (κ3) is 3.27. The first-order chi connectivity index (χ1) is 8.70. The van der Waals surface area contributed by atoms with Crippen molar-refractivity contribution in [3.63, 3.8) is 0 Å². The van der Waals surface area contributed by atoms with Crippen molar-refractivity contribution in [2.45, 2.75) is 45.8 Å². The second kappa shape index (κ2) is 6.25. The molecule has 0 saturated carbocycles. The zero-order chi connectivity index (χ0) is 13.0. The van der Waals surface area contributed by atoms with Gasteiger partial charge in [0.2, 0.25) is 0 Å². The molecule has 0 radical (unpaired) electrons. The predicted octanol–water partition coefficient (Wildman–Crippen LogP) is 1.68. The molecule has 1 saturated heterocycles. The molecule has 0 aromatic carbocycles. The lowest BCUT2D eigenvalue weighted by Crippen LogP contribution is -2.57. The van der Waals surface area contributed by atoms with Crippen LogP contribution in [-0.2, 0) is 6.54 Å². The van der Waals surface area contributed by atoms with E-state index in [1.165, 1.54) is 6.42 Å². The van der Waals surface area contributed by atoms with Gasteiger partial charge < -0.3 is 5.32 Å². The van der Waals surface area contributed by atoms with Gasteiger partial charge in [-0.25, -0.2) is 0 Å². The molecular weight excluding hydrogens is 224 g/mol. The van der Waals surface area contributed by atoms with Crippen LogP contribution >= 0.6 is 0 Å². The fraction of sp³-hybridized carbons (Fsp3) is 0.714. The van der Waals surface area contributed by atoms with Gasteiger partial charge >= 0.3 is 0 Å². The number of aromatic nitrogens is 2. The van der Waals surface area contributed by atoms with Crippen LogP contribution in [0.15, 0.2) is 18.3 Å². The van der Waals surface area contributed by atoms with E-state index in [1.54, 1.807) is 6.20 Å². The van der Waals surface area contributed by atoms with Crippen LogP contribution in [0.4, 0.5) is 0 Å². The third-order valence-corrected chi connectivity index (χ3v) is 4.05. The van der Waals surface area contributed by atoms with E-state index >= 15 is 0 Å². The van der Waals surface area contributed by atoms with E-state index in [1.807, 2.05) is 6.07 Å². The smallest absolute Gasteiger partial charge is 0.0771 e. The molecule has 1 aliphatic heterocycles. The minimum absolute atomic E-state index is 0.562. The summed E-state index contributed by atoms with van der Waals surface area (Å²) < 4.78 is 0. The predicted molar refractivity (Wildman–Crippen MR) is 73.1 cm³/mol. The van der Waals surface area contributed by atoms with Crippen LogP contribution in [-0.4, -0.2) is 40.3 Å². The summed E-state index contributed by atoms with van der Waals surface area (Å²) in [6, 6.07) is 5.18. The molecule has 18 heavy (non-hydrogen) atoms. The SMILES string of the molecule is CCC(C)C1CN(Cc2cccnn2)C(C)CN1. The van der Waals surface area contributed by atoms with Crippen molar-refractivity contribution in [1.82, 2.24) is 20.4 Å². The van der Waals surface area contributed by atoms with E-state index in [2.05, 4.69) is 47.3 Å². The van der Waals surface area contributed by atoms with Crippen LogP contribution < -0.4 is 5.32 Å². The molecule has 100 valence electrons. The first-order valence-corrected chi connectivity index (χ1v) is 6.94. The Morgan fingerprint density at radius 2 is 2.39 bits per heavy atom. The molecule has 3 unspecified atom stereocenters. The quantitative estimate of drug-likeness (QED) is 0.880. The lowest BCUT2D eigenvalue weighted by molar-refractivity contribution is 0.110. The van der Waals surface area contributed by atoms with Crippen LogP contribution in [0.2, 0.25) is 0 Å². The lowest BCUT2D eigenvalue weighted by atomic mass is 9.95. The molecule has 0 spiro atoms. The van der Waals surface area contributed by atoms with Crippen LogP contribution in [0.25, 0.3) is 0 Å². The summed E-state index contributed by atoms with van der Waals surface area (Å²) in [5.41, 5.74) is 1.06. The van der Waals surface area contributed by atoms with E-state index in [-0.39, 0.29) is 0 Å². The van der Waals surface area contributed by atoms with Gasteiger partial charge in [-0.05, 0) is 25.0 Å². The Balaban J connectivity index is 1.97. The summed E-state index contributed by atoms with van der Waals surface area (Å²) >= 11 is 0. The summed E-state index contributed by atoms with van der Waals surface area (Å²) in [4.78, 5) is 2.51. The van der Waals surface area contributed by atoms with E-state index in [4.69, 9.17) is 0 Å².